The Morgan fingerprint density at radius 3 is 2.68 bits per heavy atom. The first kappa shape index (κ1) is 14.0. The molecule has 2 aromatic rings. The van der Waals surface area contributed by atoms with E-state index < -0.39 is 0 Å². The molecule has 0 fully saturated rings. The maximum Gasteiger partial charge on any atom is 0.198 e. The Bertz CT molecular complexity index is 524. The minimum absolute atomic E-state index is 0.0423. The number of hydrogen-bond donors (Lipinski definition) is 1. The number of halogens is 1. The molecule has 0 saturated carbocycles. The van der Waals surface area contributed by atoms with E-state index in [0.717, 1.165) is 23.3 Å². The van der Waals surface area contributed by atoms with Crippen LogP contribution in [0, 0.1) is 0 Å². The molecule has 0 bridgehead atoms. The summed E-state index contributed by atoms with van der Waals surface area (Å²) in [5.74, 6) is 0.876. The Morgan fingerprint density at radius 2 is 2.05 bits per heavy atom. The number of benzene rings is 1. The van der Waals surface area contributed by atoms with Crippen LogP contribution in [0.1, 0.15) is 30.5 Å². The molecule has 0 amide bonds. The Balaban J connectivity index is 2.35. The van der Waals surface area contributed by atoms with Gasteiger partial charge in [0.05, 0.1) is 18.9 Å². The van der Waals surface area contributed by atoms with Gasteiger partial charge in [-0.05, 0) is 37.2 Å². The fourth-order valence-corrected chi connectivity index (χ4v) is 2.27. The standard InChI is InChI=1S/C15H18ClNO2/c1-3-9-18-13-7-5-4-6-11(13)14(17-2)12-8-10-19-15(12)16/h4-8,10,14,17H,3,9H2,1-2H3. The highest BCUT2D eigenvalue weighted by Gasteiger charge is 2.20. The van der Waals surface area contributed by atoms with E-state index in [0.29, 0.717) is 11.8 Å². The van der Waals surface area contributed by atoms with Crippen molar-refractivity contribution >= 4 is 11.6 Å². The number of rotatable bonds is 6. The molecule has 1 atom stereocenters. The summed E-state index contributed by atoms with van der Waals surface area (Å²) in [4.78, 5) is 0. The normalized spacial score (nSPS) is 12.4. The number of nitrogens with one attached hydrogen (secondary N) is 1. The predicted octanol–water partition coefficient (Wildman–Crippen LogP) is 4.03. The molecular formula is C15H18ClNO2. The van der Waals surface area contributed by atoms with Crippen molar-refractivity contribution in [3.63, 3.8) is 0 Å². The van der Waals surface area contributed by atoms with Gasteiger partial charge in [-0.1, -0.05) is 25.1 Å². The van der Waals surface area contributed by atoms with Gasteiger partial charge in [0.15, 0.2) is 5.22 Å². The van der Waals surface area contributed by atoms with Crippen LogP contribution < -0.4 is 10.1 Å². The van der Waals surface area contributed by atoms with Gasteiger partial charge in [0.25, 0.3) is 0 Å². The lowest BCUT2D eigenvalue weighted by molar-refractivity contribution is 0.312. The van der Waals surface area contributed by atoms with Gasteiger partial charge in [0.1, 0.15) is 5.75 Å². The molecule has 0 radical (unpaired) electrons. The van der Waals surface area contributed by atoms with Crippen molar-refractivity contribution in [2.45, 2.75) is 19.4 Å². The number of furan rings is 1. The minimum atomic E-state index is -0.0423. The average molecular weight is 280 g/mol. The zero-order valence-corrected chi connectivity index (χ0v) is 11.9. The van der Waals surface area contributed by atoms with Gasteiger partial charge in [-0.25, -0.2) is 0 Å². The summed E-state index contributed by atoms with van der Waals surface area (Å²) in [6, 6.07) is 9.81. The first-order chi connectivity index (χ1) is 9.27. The smallest absolute Gasteiger partial charge is 0.198 e. The molecule has 19 heavy (non-hydrogen) atoms. The van der Waals surface area contributed by atoms with Crippen LogP contribution in [0.2, 0.25) is 5.22 Å². The molecule has 0 spiro atoms. The van der Waals surface area contributed by atoms with Crippen LogP contribution in [0.4, 0.5) is 0 Å². The second-order valence-electron chi connectivity index (χ2n) is 4.26. The Morgan fingerprint density at radius 1 is 1.26 bits per heavy atom. The fraction of sp³-hybridized carbons (Fsp3) is 0.333. The molecule has 0 saturated heterocycles. The minimum Gasteiger partial charge on any atom is -0.493 e. The molecule has 3 nitrogen and oxygen atoms in total. The molecule has 1 N–H and O–H groups in total. The lowest BCUT2D eigenvalue weighted by Gasteiger charge is -2.19. The lowest BCUT2D eigenvalue weighted by Crippen LogP contribution is -2.18. The topological polar surface area (TPSA) is 34.4 Å². The summed E-state index contributed by atoms with van der Waals surface area (Å²) in [7, 11) is 1.89. The molecule has 2 rings (SSSR count). The zero-order valence-electron chi connectivity index (χ0n) is 11.2. The third-order valence-corrected chi connectivity index (χ3v) is 3.24. The van der Waals surface area contributed by atoms with Gasteiger partial charge in [-0.15, -0.1) is 0 Å². The molecular weight excluding hydrogens is 262 g/mol. The van der Waals surface area contributed by atoms with Crippen molar-refractivity contribution in [1.29, 1.82) is 0 Å². The third-order valence-electron chi connectivity index (χ3n) is 2.94. The predicted molar refractivity (Wildman–Crippen MR) is 76.8 cm³/mol. The molecule has 1 aromatic carbocycles. The van der Waals surface area contributed by atoms with Crippen molar-refractivity contribution in [3.05, 3.63) is 52.9 Å². The molecule has 4 heteroatoms. The maximum atomic E-state index is 6.07. The van der Waals surface area contributed by atoms with Crippen LogP contribution >= 0.6 is 11.6 Å². The fourth-order valence-electron chi connectivity index (χ4n) is 2.05. The van der Waals surface area contributed by atoms with Crippen molar-refractivity contribution in [3.8, 4) is 5.75 Å². The van der Waals surface area contributed by atoms with E-state index in [1.807, 2.05) is 37.4 Å². The van der Waals surface area contributed by atoms with Crippen molar-refractivity contribution < 1.29 is 9.15 Å². The first-order valence-electron chi connectivity index (χ1n) is 6.39. The van der Waals surface area contributed by atoms with E-state index in [2.05, 4.69) is 12.2 Å². The van der Waals surface area contributed by atoms with E-state index in [-0.39, 0.29) is 6.04 Å². The number of para-hydroxylation sites is 1. The second kappa shape index (κ2) is 6.64. The molecule has 0 aliphatic carbocycles. The molecule has 102 valence electrons. The quantitative estimate of drug-likeness (QED) is 0.867. The molecule has 0 aliphatic rings. The van der Waals surface area contributed by atoms with Crippen LogP contribution in [0.15, 0.2) is 41.0 Å². The molecule has 0 aliphatic heterocycles. The van der Waals surface area contributed by atoms with Gasteiger partial charge in [0, 0.05) is 11.1 Å². The zero-order chi connectivity index (χ0) is 13.7. The maximum absolute atomic E-state index is 6.07. The van der Waals surface area contributed by atoms with E-state index in [9.17, 15) is 0 Å². The monoisotopic (exact) mass is 279 g/mol. The highest BCUT2D eigenvalue weighted by molar-refractivity contribution is 6.29. The third kappa shape index (κ3) is 3.11. The Kier molecular flexibility index (Phi) is 4.88. The second-order valence-corrected chi connectivity index (χ2v) is 4.60. The van der Waals surface area contributed by atoms with E-state index >= 15 is 0 Å². The molecule has 1 aromatic heterocycles. The number of hydrogen-bond acceptors (Lipinski definition) is 3. The van der Waals surface area contributed by atoms with Crippen molar-refractivity contribution in [2.75, 3.05) is 13.7 Å². The Labute approximate surface area is 118 Å². The first-order valence-corrected chi connectivity index (χ1v) is 6.77. The van der Waals surface area contributed by atoms with E-state index in [1.165, 1.54) is 0 Å². The highest BCUT2D eigenvalue weighted by atomic mass is 35.5. The van der Waals surface area contributed by atoms with E-state index in [4.69, 9.17) is 20.8 Å². The average Bonchev–Trinajstić information content (AvgIpc) is 2.85. The van der Waals surface area contributed by atoms with Crippen LogP contribution in [0.5, 0.6) is 5.75 Å². The van der Waals surface area contributed by atoms with Crippen LogP contribution in [-0.2, 0) is 0 Å². The summed E-state index contributed by atoms with van der Waals surface area (Å²) in [6.45, 7) is 2.79. The van der Waals surface area contributed by atoms with Gasteiger partial charge in [0.2, 0.25) is 0 Å². The van der Waals surface area contributed by atoms with E-state index in [1.54, 1.807) is 6.26 Å². The van der Waals surface area contributed by atoms with Crippen LogP contribution in [0.25, 0.3) is 0 Å². The van der Waals surface area contributed by atoms with Gasteiger partial charge in [-0.3, -0.25) is 0 Å². The highest BCUT2D eigenvalue weighted by Crippen LogP contribution is 2.33. The lowest BCUT2D eigenvalue weighted by atomic mass is 10.0. The molecule has 1 unspecified atom stereocenters. The van der Waals surface area contributed by atoms with Crippen LogP contribution in [0.3, 0.4) is 0 Å². The summed E-state index contributed by atoms with van der Waals surface area (Å²) < 4.78 is 11.0. The summed E-state index contributed by atoms with van der Waals surface area (Å²) >= 11 is 6.07. The molecule has 1 heterocycles. The van der Waals surface area contributed by atoms with Gasteiger partial charge in [-0.2, -0.15) is 0 Å². The summed E-state index contributed by atoms with van der Waals surface area (Å²) in [6.07, 6.45) is 2.57. The SMILES string of the molecule is CCCOc1ccccc1C(NC)c1ccoc1Cl. The van der Waals surface area contributed by atoms with Crippen LogP contribution in [-0.4, -0.2) is 13.7 Å². The Hall–Kier alpha value is -1.45. The van der Waals surface area contributed by atoms with Crippen molar-refractivity contribution in [2.24, 2.45) is 0 Å². The van der Waals surface area contributed by atoms with Gasteiger partial charge >= 0.3 is 0 Å². The van der Waals surface area contributed by atoms with Gasteiger partial charge < -0.3 is 14.5 Å². The largest absolute Gasteiger partial charge is 0.493 e. The van der Waals surface area contributed by atoms with Crippen molar-refractivity contribution in [1.82, 2.24) is 5.32 Å². The summed E-state index contributed by atoms with van der Waals surface area (Å²) in [5.41, 5.74) is 1.97. The number of ether oxygens (including phenoxy) is 1. The summed E-state index contributed by atoms with van der Waals surface area (Å²) in [5, 5.41) is 3.66.